The molecule has 3 aliphatic rings. The van der Waals surface area contributed by atoms with Gasteiger partial charge in [0, 0.05) is 23.8 Å². The summed E-state index contributed by atoms with van der Waals surface area (Å²) in [5.41, 5.74) is 5.87. The molecule has 1 saturated carbocycles. The molecular formula is C20H22N2. The molecule has 0 saturated heterocycles. The van der Waals surface area contributed by atoms with Crippen LogP contribution in [0.4, 0.5) is 0 Å². The lowest BCUT2D eigenvalue weighted by molar-refractivity contribution is 0.234. The highest BCUT2D eigenvalue weighted by Crippen LogP contribution is 2.47. The van der Waals surface area contributed by atoms with E-state index in [4.69, 9.17) is 0 Å². The fourth-order valence-corrected chi connectivity index (χ4v) is 4.91. The van der Waals surface area contributed by atoms with Crippen molar-refractivity contribution in [3.8, 4) is 0 Å². The van der Waals surface area contributed by atoms with Gasteiger partial charge in [0.25, 0.3) is 0 Å². The summed E-state index contributed by atoms with van der Waals surface area (Å²) < 4.78 is 2.67. The third-order valence-corrected chi connectivity index (χ3v) is 5.92. The number of aryl methyl sites for hydroxylation is 1. The Balaban J connectivity index is 1.83. The van der Waals surface area contributed by atoms with E-state index in [2.05, 4.69) is 47.0 Å². The van der Waals surface area contributed by atoms with Gasteiger partial charge < -0.3 is 4.57 Å². The van der Waals surface area contributed by atoms with Crippen molar-refractivity contribution < 1.29 is 0 Å². The molecular weight excluding hydrogens is 268 g/mol. The van der Waals surface area contributed by atoms with E-state index in [-0.39, 0.29) is 0 Å². The van der Waals surface area contributed by atoms with Crippen molar-refractivity contribution in [1.82, 2.24) is 9.55 Å². The van der Waals surface area contributed by atoms with Gasteiger partial charge in [0.15, 0.2) is 0 Å². The first kappa shape index (κ1) is 12.7. The van der Waals surface area contributed by atoms with E-state index < -0.39 is 0 Å². The van der Waals surface area contributed by atoms with Crippen molar-refractivity contribution in [3.63, 3.8) is 0 Å². The Bertz CT molecular complexity index is 808. The van der Waals surface area contributed by atoms with Crippen LogP contribution in [0.2, 0.25) is 0 Å². The minimum absolute atomic E-state index is 0.630. The standard InChI is InChI=1S/C20H22N2/c1-13-5-8-18-15(11-13)7-6-14-3-2-4-16-17-12-21-10-9-19(17)22(18)20(14)16/h3,6-7,9-10,12-13,15,18H,2,4-5,8,11H2,1H3. The van der Waals surface area contributed by atoms with Gasteiger partial charge in [-0.25, -0.2) is 0 Å². The van der Waals surface area contributed by atoms with E-state index >= 15 is 0 Å². The molecule has 1 fully saturated rings. The van der Waals surface area contributed by atoms with Crippen molar-refractivity contribution in [1.29, 1.82) is 0 Å². The lowest BCUT2D eigenvalue weighted by Gasteiger charge is -2.35. The zero-order valence-electron chi connectivity index (χ0n) is 13.1. The van der Waals surface area contributed by atoms with Gasteiger partial charge in [-0.1, -0.05) is 25.2 Å². The molecule has 3 unspecified atom stereocenters. The largest absolute Gasteiger partial charge is 0.336 e. The predicted molar refractivity (Wildman–Crippen MR) is 90.7 cm³/mol. The molecule has 2 nitrogen and oxygen atoms in total. The molecule has 112 valence electrons. The topological polar surface area (TPSA) is 17.8 Å². The summed E-state index contributed by atoms with van der Waals surface area (Å²) in [7, 11) is 0. The molecule has 22 heavy (non-hydrogen) atoms. The van der Waals surface area contributed by atoms with E-state index in [0.29, 0.717) is 12.0 Å². The van der Waals surface area contributed by atoms with Gasteiger partial charge in [0.2, 0.25) is 0 Å². The SMILES string of the molecule is CC1CCC2C(C=CC3=CCCc4c3n2c2ccncc42)C1. The highest BCUT2D eigenvalue weighted by atomic mass is 15.0. The summed E-state index contributed by atoms with van der Waals surface area (Å²) >= 11 is 0. The lowest BCUT2D eigenvalue weighted by atomic mass is 9.78. The second kappa shape index (κ2) is 4.58. The van der Waals surface area contributed by atoms with E-state index in [0.717, 1.165) is 18.8 Å². The van der Waals surface area contributed by atoms with Gasteiger partial charge >= 0.3 is 0 Å². The van der Waals surface area contributed by atoms with Crippen LogP contribution in [-0.2, 0) is 6.42 Å². The summed E-state index contributed by atoms with van der Waals surface area (Å²) in [5, 5.41) is 1.38. The first-order valence-electron chi connectivity index (χ1n) is 8.68. The number of rotatable bonds is 0. The number of pyridine rings is 1. The zero-order chi connectivity index (χ0) is 14.7. The minimum Gasteiger partial charge on any atom is -0.336 e. The average molecular weight is 290 g/mol. The number of allylic oxidation sites excluding steroid dienone is 4. The maximum Gasteiger partial charge on any atom is 0.0524 e. The Kier molecular flexibility index (Phi) is 2.64. The molecule has 0 aromatic carbocycles. The van der Waals surface area contributed by atoms with Crippen LogP contribution in [0.1, 0.15) is 49.9 Å². The highest BCUT2D eigenvalue weighted by Gasteiger charge is 2.34. The molecule has 0 bridgehead atoms. The summed E-state index contributed by atoms with van der Waals surface area (Å²) in [6.07, 6.45) is 17.7. The second-order valence-electron chi connectivity index (χ2n) is 7.30. The van der Waals surface area contributed by atoms with Crippen molar-refractivity contribution in [2.24, 2.45) is 11.8 Å². The molecule has 2 aliphatic carbocycles. The molecule has 0 amide bonds. The second-order valence-corrected chi connectivity index (χ2v) is 7.30. The lowest BCUT2D eigenvalue weighted by Crippen LogP contribution is -2.25. The zero-order valence-corrected chi connectivity index (χ0v) is 13.1. The smallest absolute Gasteiger partial charge is 0.0524 e. The Morgan fingerprint density at radius 1 is 1.27 bits per heavy atom. The van der Waals surface area contributed by atoms with Crippen molar-refractivity contribution in [2.75, 3.05) is 0 Å². The van der Waals surface area contributed by atoms with Crippen LogP contribution in [0.3, 0.4) is 0 Å². The molecule has 2 heteroatoms. The monoisotopic (exact) mass is 290 g/mol. The van der Waals surface area contributed by atoms with Crippen molar-refractivity contribution in [3.05, 3.63) is 47.9 Å². The molecule has 0 radical (unpaired) electrons. The van der Waals surface area contributed by atoms with Crippen LogP contribution in [-0.4, -0.2) is 9.55 Å². The first-order chi connectivity index (χ1) is 10.8. The molecule has 1 aliphatic heterocycles. The molecule has 2 aromatic heterocycles. The molecule has 2 aromatic rings. The van der Waals surface area contributed by atoms with Crippen LogP contribution >= 0.6 is 0 Å². The van der Waals surface area contributed by atoms with Gasteiger partial charge in [-0.15, -0.1) is 0 Å². The van der Waals surface area contributed by atoms with Gasteiger partial charge in [-0.05, 0) is 61.1 Å². The number of fused-ring (bicyclic) bond motifs is 5. The summed E-state index contributed by atoms with van der Waals surface area (Å²) in [4.78, 5) is 4.40. The number of aromatic nitrogens is 2. The van der Waals surface area contributed by atoms with E-state index in [1.807, 2.05) is 6.20 Å². The molecule has 0 spiro atoms. The van der Waals surface area contributed by atoms with Crippen molar-refractivity contribution >= 4 is 16.5 Å². The Morgan fingerprint density at radius 3 is 3.18 bits per heavy atom. The van der Waals surface area contributed by atoms with Gasteiger partial charge in [-0.2, -0.15) is 0 Å². The maximum atomic E-state index is 4.40. The van der Waals surface area contributed by atoms with Crippen LogP contribution in [0.15, 0.2) is 36.7 Å². The normalized spacial score (nSPS) is 29.7. The summed E-state index contributed by atoms with van der Waals surface area (Å²) in [6, 6.07) is 2.86. The average Bonchev–Trinajstić information content (AvgIpc) is 2.78. The van der Waals surface area contributed by atoms with Crippen LogP contribution in [0.25, 0.3) is 16.5 Å². The van der Waals surface area contributed by atoms with Crippen LogP contribution in [0.5, 0.6) is 0 Å². The maximum absolute atomic E-state index is 4.40. The number of nitrogens with zero attached hydrogens (tertiary/aromatic N) is 2. The summed E-state index contributed by atoms with van der Waals surface area (Å²) in [5.74, 6) is 1.54. The molecule has 3 atom stereocenters. The van der Waals surface area contributed by atoms with Gasteiger partial charge in [-0.3, -0.25) is 4.98 Å². The van der Waals surface area contributed by atoms with E-state index in [1.165, 1.54) is 47.0 Å². The third kappa shape index (κ3) is 1.64. The van der Waals surface area contributed by atoms with Crippen LogP contribution < -0.4 is 0 Å². The van der Waals surface area contributed by atoms with E-state index in [9.17, 15) is 0 Å². The fraction of sp³-hybridized carbons (Fsp3) is 0.450. The third-order valence-electron chi connectivity index (χ3n) is 5.92. The molecule has 5 rings (SSSR count). The van der Waals surface area contributed by atoms with Gasteiger partial charge in [0.05, 0.1) is 11.2 Å². The Morgan fingerprint density at radius 2 is 2.23 bits per heavy atom. The van der Waals surface area contributed by atoms with Crippen LogP contribution in [0, 0.1) is 11.8 Å². The van der Waals surface area contributed by atoms with Crippen molar-refractivity contribution in [2.45, 2.75) is 45.1 Å². The molecule has 3 heterocycles. The Hall–Kier alpha value is -1.83. The quantitative estimate of drug-likeness (QED) is 0.674. The summed E-state index contributed by atoms with van der Waals surface area (Å²) in [6.45, 7) is 2.41. The highest BCUT2D eigenvalue weighted by molar-refractivity contribution is 5.92. The first-order valence-corrected chi connectivity index (χ1v) is 8.68. The molecule has 0 N–H and O–H groups in total. The minimum atomic E-state index is 0.630. The van der Waals surface area contributed by atoms with E-state index in [1.54, 1.807) is 0 Å². The van der Waals surface area contributed by atoms with Gasteiger partial charge in [0.1, 0.15) is 0 Å². The fourth-order valence-electron chi connectivity index (χ4n) is 4.91. The number of hydrogen-bond acceptors (Lipinski definition) is 1. The predicted octanol–water partition coefficient (Wildman–Crippen LogP) is 4.91. The number of hydrogen-bond donors (Lipinski definition) is 0. The Labute approximate surface area is 131 Å².